The molecule has 11 heteroatoms. The first-order valence-electron chi connectivity index (χ1n) is 9.11. The number of hydrogen-bond acceptors (Lipinski definition) is 6. The average Bonchev–Trinajstić information content (AvgIpc) is 3.24. The van der Waals surface area contributed by atoms with Crippen molar-refractivity contribution in [2.24, 2.45) is 0 Å². The fourth-order valence-corrected chi connectivity index (χ4v) is 3.62. The summed E-state index contributed by atoms with van der Waals surface area (Å²) in [6.45, 7) is 2.31. The van der Waals surface area contributed by atoms with Crippen LogP contribution in [0.3, 0.4) is 0 Å². The summed E-state index contributed by atoms with van der Waals surface area (Å²) in [5.41, 5.74) is -3.16. The highest BCUT2D eigenvalue weighted by Gasteiger charge is 2.55. The number of amides is 1. The molecule has 2 aromatic rings. The van der Waals surface area contributed by atoms with Crippen molar-refractivity contribution in [3.8, 4) is 6.07 Å². The van der Waals surface area contributed by atoms with Gasteiger partial charge in [-0.1, -0.05) is 12.1 Å². The lowest BCUT2D eigenvalue weighted by atomic mass is 9.87. The lowest BCUT2D eigenvalue weighted by Gasteiger charge is -2.32. The molecular formula is C18H18F3N5O3. The number of aliphatic hydroxyl groups is 1. The fraction of sp³-hybridized carbons (Fsp3) is 0.556. The minimum absolute atomic E-state index is 0.0765. The zero-order valence-electron chi connectivity index (χ0n) is 15.7. The predicted molar refractivity (Wildman–Crippen MR) is 90.5 cm³/mol. The van der Waals surface area contributed by atoms with E-state index in [0.29, 0.717) is 6.92 Å². The summed E-state index contributed by atoms with van der Waals surface area (Å²) in [5.74, 6) is -0.816. The number of fused-ring (bicyclic) bond motifs is 1. The van der Waals surface area contributed by atoms with Crippen molar-refractivity contribution in [2.45, 2.75) is 57.0 Å². The largest absolute Gasteiger partial charge is 0.422 e. The molecule has 1 amide bonds. The highest BCUT2D eigenvalue weighted by Crippen LogP contribution is 2.44. The second-order valence-electron chi connectivity index (χ2n) is 7.73. The third-order valence-electron chi connectivity index (χ3n) is 5.39. The standard InChI is InChI=1S/C18H18F3N5O3/c1-9-7-25(16(27)12-5-10(6-22)23-26(12)11-3-4-11)8-13-14(9)15(24-29-13)17(2,28)18(19,20)21/h5,9,11,28H,3-4,7-8H2,1-2H3/t9-,17?/m0/s1. The van der Waals surface area contributed by atoms with Crippen LogP contribution in [-0.2, 0) is 12.1 Å². The SMILES string of the molecule is C[C@H]1CN(C(=O)c2cc(C#N)nn2C2CC2)Cc2onc(C(C)(O)C(F)(F)F)c21. The first-order chi connectivity index (χ1) is 13.5. The highest BCUT2D eigenvalue weighted by atomic mass is 19.4. The molecule has 3 heterocycles. The third kappa shape index (κ3) is 3.07. The van der Waals surface area contributed by atoms with E-state index in [2.05, 4.69) is 10.3 Å². The maximum absolute atomic E-state index is 13.2. The molecule has 2 atom stereocenters. The summed E-state index contributed by atoms with van der Waals surface area (Å²) in [7, 11) is 0. The van der Waals surface area contributed by atoms with Gasteiger partial charge in [-0.05, 0) is 19.8 Å². The topological polar surface area (TPSA) is 108 Å². The molecule has 0 bridgehead atoms. The van der Waals surface area contributed by atoms with Gasteiger partial charge in [0.15, 0.2) is 11.5 Å². The molecule has 154 valence electrons. The zero-order valence-corrected chi connectivity index (χ0v) is 15.7. The average molecular weight is 409 g/mol. The number of nitrogens with zero attached hydrogens (tertiary/aromatic N) is 5. The number of halogens is 3. The number of aromatic nitrogens is 3. The van der Waals surface area contributed by atoms with Crippen molar-refractivity contribution >= 4 is 5.91 Å². The molecule has 29 heavy (non-hydrogen) atoms. The molecule has 1 unspecified atom stereocenters. The monoisotopic (exact) mass is 409 g/mol. The smallest absolute Gasteiger partial charge is 0.375 e. The van der Waals surface area contributed by atoms with Gasteiger partial charge in [-0.25, -0.2) is 0 Å². The summed E-state index contributed by atoms with van der Waals surface area (Å²) in [5, 5.41) is 26.7. The van der Waals surface area contributed by atoms with Gasteiger partial charge in [0.25, 0.3) is 5.91 Å². The zero-order chi connectivity index (χ0) is 21.1. The molecule has 1 aliphatic heterocycles. The van der Waals surface area contributed by atoms with Crippen LogP contribution in [0.25, 0.3) is 0 Å². The van der Waals surface area contributed by atoms with Crippen LogP contribution in [0.15, 0.2) is 10.6 Å². The molecule has 2 aliphatic rings. The van der Waals surface area contributed by atoms with Crippen LogP contribution >= 0.6 is 0 Å². The summed E-state index contributed by atoms with van der Waals surface area (Å²) in [6, 6.07) is 3.42. The van der Waals surface area contributed by atoms with Crippen LogP contribution in [-0.4, -0.2) is 43.6 Å². The first kappa shape index (κ1) is 19.4. The number of alkyl halides is 3. The van der Waals surface area contributed by atoms with Gasteiger partial charge in [0, 0.05) is 24.1 Å². The highest BCUT2D eigenvalue weighted by molar-refractivity contribution is 5.93. The Morgan fingerprint density at radius 1 is 1.41 bits per heavy atom. The van der Waals surface area contributed by atoms with Crippen molar-refractivity contribution in [3.05, 3.63) is 34.5 Å². The molecule has 0 radical (unpaired) electrons. The van der Waals surface area contributed by atoms with E-state index in [0.717, 1.165) is 12.8 Å². The molecule has 1 saturated carbocycles. The molecule has 2 aromatic heterocycles. The van der Waals surface area contributed by atoms with Crippen LogP contribution < -0.4 is 0 Å². The van der Waals surface area contributed by atoms with Crippen LogP contribution in [0, 0.1) is 11.3 Å². The van der Waals surface area contributed by atoms with Gasteiger partial charge in [-0.15, -0.1) is 0 Å². The quantitative estimate of drug-likeness (QED) is 0.835. The van der Waals surface area contributed by atoms with Crippen molar-refractivity contribution in [1.29, 1.82) is 5.26 Å². The van der Waals surface area contributed by atoms with Crippen molar-refractivity contribution in [3.63, 3.8) is 0 Å². The van der Waals surface area contributed by atoms with Crippen molar-refractivity contribution in [1.82, 2.24) is 19.8 Å². The van der Waals surface area contributed by atoms with Crippen molar-refractivity contribution < 1.29 is 27.6 Å². The van der Waals surface area contributed by atoms with Crippen molar-refractivity contribution in [2.75, 3.05) is 6.54 Å². The molecule has 1 N–H and O–H groups in total. The Kier molecular flexibility index (Phi) is 4.24. The molecule has 0 saturated heterocycles. The maximum Gasteiger partial charge on any atom is 0.422 e. The molecule has 0 spiro atoms. The van der Waals surface area contributed by atoms with E-state index in [1.807, 2.05) is 6.07 Å². The van der Waals surface area contributed by atoms with Gasteiger partial charge in [0.2, 0.25) is 5.60 Å². The summed E-state index contributed by atoms with van der Waals surface area (Å²) in [4.78, 5) is 14.5. The lowest BCUT2D eigenvalue weighted by Crippen LogP contribution is -2.42. The number of nitriles is 1. The maximum atomic E-state index is 13.2. The Balaban J connectivity index is 1.65. The second-order valence-corrected chi connectivity index (χ2v) is 7.73. The molecule has 4 rings (SSSR count). The normalized spacial score (nSPS) is 21.4. The van der Waals surface area contributed by atoms with E-state index in [9.17, 15) is 23.1 Å². The Labute approximate surface area is 163 Å². The van der Waals surface area contributed by atoms with Gasteiger partial charge in [0.05, 0.1) is 12.6 Å². The summed E-state index contributed by atoms with van der Waals surface area (Å²) < 4.78 is 46.4. The molecule has 0 aromatic carbocycles. The summed E-state index contributed by atoms with van der Waals surface area (Å²) >= 11 is 0. The molecule has 1 fully saturated rings. The summed E-state index contributed by atoms with van der Waals surface area (Å²) in [6.07, 6.45) is -3.19. The Morgan fingerprint density at radius 3 is 2.69 bits per heavy atom. The van der Waals surface area contributed by atoms with E-state index < -0.39 is 23.4 Å². The Bertz CT molecular complexity index is 1010. The second kappa shape index (κ2) is 6.32. The fourth-order valence-electron chi connectivity index (χ4n) is 3.62. The van der Waals surface area contributed by atoms with Gasteiger partial charge in [0.1, 0.15) is 17.5 Å². The van der Waals surface area contributed by atoms with E-state index in [1.165, 1.54) is 11.0 Å². The van der Waals surface area contributed by atoms with Crippen LogP contribution in [0.1, 0.15) is 71.8 Å². The van der Waals surface area contributed by atoms with Crippen LogP contribution in [0.5, 0.6) is 0 Å². The number of rotatable bonds is 3. The minimum atomic E-state index is -4.92. The lowest BCUT2D eigenvalue weighted by molar-refractivity contribution is -0.261. The number of carbonyl (C=O) groups is 1. The van der Waals surface area contributed by atoms with Gasteiger partial charge >= 0.3 is 6.18 Å². The van der Waals surface area contributed by atoms with Gasteiger partial charge in [-0.2, -0.15) is 23.5 Å². The Hall–Kier alpha value is -2.87. The molecular weight excluding hydrogens is 391 g/mol. The predicted octanol–water partition coefficient (Wildman–Crippen LogP) is 2.61. The molecule has 8 nitrogen and oxygen atoms in total. The minimum Gasteiger partial charge on any atom is -0.375 e. The van der Waals surface area contributed by atoms with Crippen LogP contribution in [0.2, 0.25) is 0 Å². The van der Waals surface area contributed by atoms with E-state index in [4.69, 9.17) is 9.78 Å². The molecule has 1 aliphatic carbocycles. The third-order valence-corrected chi connectivity index (χ3v) is 5.39. The number of hydrogen-bond donors (Lipinski definition) is 1. The number of carbonyl (C=O) groups excluding carboxylic acids is 1. The Morgan fingerprint density at radius 2 is 2.10 bits per heavy atom. The van der Waals surface area contributed by atoms with E-state index >= 15 is 0 Å². The first-order valence-corrected chi connectivity index (χ1v) is 9.11. The van der Waals surface area contributed by atoms with Gasteiger partial charge in [-0.3, -0.25) is 9.48 Å². The van der Waals surface area contributed by atoms with E-state index in [-0.39, 0.29) is 47.8 Å². The van der Waals surface area contributed by atoms with Crippen LogP contribution in [0.4, 0.5) is 13.2 Å². The van der Waals surface area contributed by atoms with Gasteiger partial charge < -0.3 is 14.5 Å². The van der Waals surface area contributed by atoms with E-state index in [1.54, 1.807) is 11.6 Å².